The topological polar surface area (TPSA) is 29.5 Å². The van der Waals surface area contributed by atoms with Gasteiger partial charge in [-0.15, -0.1) is 0 Å². The van der Waals surface area contributed by atoms with Crippen LogP contribution < -0.4 is 0 Å². The fraction of sp³-hybridized carbons (Fsp3) is 0.429. The predicted molar refractivity (Wildman–Crippen MR) is 69.0 cm³/mol. The molecule has 3 heteroatoms. The Balaban J connectivity index is 2.37. The highest BCUT2D eigenvalue weighted by Crippen LogP contribution is 2.04. The van der Waals surface area contributed by atoms with E-state index >= 15 is 0 Å². The summed E-state index contributed by atoms with van der Waals surface area (Å²) < 4.78 is 5.20. The highest BCUT2D eigenvalue weighted by molar-refractivity contribution is 5.89. The fourth-order valence-electron chi connectivity index (χ4n) is 1.53. The van der Waals surface area contributed by atoms with Crippen molar-refractivity contribution in [2.75, 3.05) is 26.2 Å². The molecule has 1 aromatic rings. The van der Waals surface area contributed by atoms with Crippen LogP contribution in [0, 0.1) is 6.92 Å². The largest absolute Gasteiger partial charge is 0.461 e. The first-order valence-electron chi connectivity index (χ1n) is 5.98. The molecular weight excluding hydrogens is 214 g/mol. The molecular formula is C14H20NO2. The second-order valence-corrected chi connectivity index (χ2v) is 3.86. The van der Waals surface area contributed by atoms with Crippen LogP contribution in [-0.2, 0) is 4.74 Å². The molecule has 0 N–H and O–H groups in total. The minimum atomic E-state index is -0.267. The van der Waals surface area contributed by atoms with Gasteiger partial charge in [0.05, 0.1) is 5.56 Å². The summed E-state index contributed by atoms with van der Waals surface area (Å²) >= 11 is 0. The third-order valence-electron chi connectivity index (χ3n) is 2.72. The number of hydrogen-bond acceptors (Lipinski definition) is 3. The molecule has 0 aliphatic rings. The SMILES string of the molecule is [CH2]c1ccc(C(=O)OCCN(CC)CC)cc1. The Labute approximate surface area is 103 Å². The number of carbonyl (C=O) groups is 1. The molecule has 17 heavy (non-hydrogen) atoms. The molecule has 3 nitrogen and oxygen atoms in total. The number of nitrogens with zero attached hydrogens (tertiary/aromatic N) is 1. The highest BCUT2D eigenvalue weighted by atomic mass is 16.5. The van der Waals surface area contributed by atoms with Crippen molar-refractivity contribution in [3.05, 3.63) is 42.3 Å². The summed E-state index contributed by atoms with van der Waals surface area (Å²) in [6, 6.07) is 7.09. The molecule has 0 spiro atoms. The summed E-state index contributed by atoms with van der Waals surface area (Å²) in [4.78, 5) is 13.9. The molecule has 1 radical (unpaired) electrons. The number of carbonyl (C=O) groups excluding carboxylic acids is 1. The predicted octanol–water partition coefficient (Wildman–Crippen LogP) is 2.37. The van der Waals surface area contributed by atoms with Gasteiger partial charge in [-0.1, -0.05) is 26.0 Å². The average molecular weight is 234 g/mol. The molecule has 1 rings (SSSR count). The molecule has 0 aromatic heterocycles. The molecule has 1 aromatic carbocycles. The van der Waals surface area contributed by atoms with Gasteiger partial charge in [-0.25, -0.2) is 4.79 Å². The lowest BCUT2D eigenvalue weighted by molar-refractivity contribution is 0.0466. The Kier molecular flexibility index (Phi) is 5.70. The van der Waals surface area contributed by atoms with Crippen LogP contribution >= 0.6 is 0 Å². The van der Waals surface area contributed by atoms with Crippen LogP contribution in [-0.4, -0.2) is 37.1 Å². The first kappa shape index (κ1) is 13.7. The van der Waals surface area contributed by atoms with Crippen molar-refractivity contribution in [1.82, 2.24) is 4.90 Å². The van der Waals surface area contributed by atoms with Crippen LogP contribution in [0.25, 0.3) is 0 Å². The number of esters is 1. The van der Waals surface area contributed by atoms with Crippen molar-refractivity contribution in [2.45, 2.75) is 13.8 Å². The van der Waals surface area contributed by atoms with Gasteiger partial charge >= 0.3 is 5.97 Å². The number of hydrogen-bond donors (Lipinski definition) is 0. The number of benzene rings is 1. The van der Waals surface area contributed by atoms with Gasteiger partial charge in [-0.2, -0.15) is 0 Å². The quantitative estimate of drug-likeness (QED) is 0.708. The summed E-state index contributed by atoms with van der Waals surface area (Å²) in [5, 5.41) is 0. The summed E-state index contributed by atoms with van der Waals surface area (Å²) in [6.07, 6.45) is 0. The second kappa shape index (κ2) is 7.07. The average Bonchev–Trinajstić information content (AvgIpc) is 2.35. The van der Waals surface area contributed by atoms with Crippen LogP contribution in [0.15, 0.2) is 24.3 Å². The summed E-state index contributed by atoms with van der Waals surface area (Å²) in [5.74, 6) is -0.267. The van der Waals surface area contributed by atoms with Gasteiger partial charge in [0.2, 0.25) is 0 Å². The minimum absolute atomic E-state index is 0.267. The van der Waals surface area contributed by atoms with Gasteiger partial charge in [0.15, 0.2) is 0 Å². The van der Waals surface area contributed by atoms with Gasteiger partial charge in [0.25, 0.3) is 0 Å². The van der Waals surface area contributed by atoms with Gasteiger partial charge in [0, 0.05) is 6.54 Å². The van der Waals surface area contributed by atoms with Crippen molar-refractivity contribution in [2.24, 2.45) is 0 Å². The lowest BCUT2D eigenvalue weighted by atomic mass is 10.1. The van der Waals surface area contributed by atoms with E-state index in [2.05, 4.69) is 25.7 Å². The standard InChI is InChI=1S/C14H20NO2/c1-4-15(5-2)10-11-17-14(16)13-8-6-12(3)7-9-13/h6-9H,3-5,10-11H2,1-2H3. The number of likely N-dealkylation sites (N-methyl/N-ethyl adjacent to an activating group) is 1. The van der Waals surface area contributed by atoms with Crippen LogP contribution in [0.4, 0.5) is 0 Å². The molecule has 0 aliphatic carbocycles. The first-order chi connectivity index (χ1) is 8.17. The van der Waals surface area contributed by atoms with Crippen LogP contribution in [0.5, 0.6) is 0 Å². The highest BCUT2D eigenvalue weighted by Gasteiger charge is 2.07. The van der Waals surface area contributed by atoms with E-state index in [0.29, 0.717) is 12.2 Å². The lowest BCUT2D eigenvalue weighted by Gasteiger charge is -2.17. The van der Waals surface area contributed by atoms with E-state index in [4.69, 9.17) is 4.74 Å². The molecule has 0 saturated carbocycles. The van der Waals surface area contributed by atoms with Crippen LogP contribution in [0.3, 0.4) is 0 Å². The third kappa shape index (κ3) is 4.57. The maximum absolute atomic E-state index is 11.7. The zero-order valence-electron chi connectivity index (χ0n) is 10.6. The zero-order valence-corrected chi connectivity index (χ0v) is 10.6. The Bertz CT molecular complexity index is 342. The minimum Gasteiger partial charge on any atom is -0.461 e. The Morgan fingerprint density at radius 2 is 1.82 bits per heavy atom. The number of rotatable bonds is 6. The van der Waals surface area contributed by atoms with Crippen molar-refractivity contribution in [3.8, 4) is 0 Å². The maximum atomic E-state index is 11.7. The van der Waals surface area contributed by atoms with Crippen molar-refractivity contribution >= 4 is 5.97 Å². The summed E-state index contributed by atoms with van der Waals surface area (Å²) in [6.45, 7) is 11.1. The molecule has 0 saturated heterocycles. The van der Waals surface area contributed by atoms with E-state index in [1.54, 1.807) is 24.3 Å². The van der Waals surface area contributed by atoms with E-state index in [9.17, 15) is 4.79 Å². The monoisotopic (exact) mass is 234 g/mol. The molecule has 0 heterocycles. The van der Waals surface area contributed by atoms with E-state index in [-0.39, 0.29) is 5.97 Å². The zero-order chi connectivity index (χ0) is 12.7. The normalized spacial score (nSPS) is 10.6. The Hall–Kier alpha value is -1.35. The number of ether oxygens (including phenoxy) is 1. The molecule has 0 unspecified atom stereocenters. The lowest BCUT2D eigenvalue weighted by Crippen LogP contribution is -2.27. The molecule has 93 valence electrons. The molecule has 0 atom stereocenters. The third-order valence-corrected chi connectivity index (χ3v) is 2.72. The van der Waals surface area contributed by atoms with E-state index in [0.717, 1.165) is 25.2 Å². The van der Waals surface area contributed by atoms with Crippen LogP contribution in [0.1, 0.15) is 29.8 Å². The van der Waals surface area contributed by atoms with Crippen molar-refractivity contribution in [1.29, 1.82) is 0 Å². The fourth-order valence-corrected chi connectivity index (χ4v) is 1.53. The maximum Gasteiger partial charge on any atom is 0.338 e. The second-order valence-electron chi connectivity index (χ2n) is 3.86. The molecule has 0 aliphatic heterocycles. The van der Waals surface area contributed by atoms with E-state index in [1.807, 2.05) is 0 Å². The van der Waals surface area contributed by atoms with E-state index < -0.39 is 0 Å². The molecule has 0 amide bonds. The van der Waals surface area contributed by atoms with Gasteiger partial charge in [-0.05, 0) is 37.7 Å². The van der Waals surface area contributed by atoms with Gasteiger partial charge in [-0.3, -0.25) is 0 Å². The van der Waals surface area contributed by atoms with Gasteiger partial charge in [0.1, 0.15) is 6.61 Å². The molecule has 0 fully saturated rings. The summed E-state index contributed by atoms with van der Waals surface area (Å²) in [5.41, 5.74) is 1.47. The van der Waals surface area contributed by atoms with Gasteiger partial charge < -0.3 is 9.64 Å². The Morgan fingerprint density at radius 3 is 2.35 bits per heavy atom. The van der Waals surface area contributed by atoms with Crippen LogP contribution in [0.2, 0.25) is 0 Å². The van der Waals surface area contributed by atoms with E-state index in [1.165, 1.54) is 0 Å². The van der Waals surface area contributed by atoms with Crippen molar-refractivity contribution < 1.29 is 9.53 Å². The van der Waals surface area contributed by atoms with Crippen molar-refractivity contribution in [3.63, 3.8) is 0 Å². The Morgan fingerprint density at radius 1 is 1.24 bits per heavy atom. The first-order valence-corrected chi connectivity index (χ1v) is 5.98. The molecule has 0 bridgehead atoms. The smallest absolute Gasteiger partial charge is 0.338 e. The summed E-state index contributed by atoms with van der Waals surface area (Å²) in [7, 11) is 0.